The minimum Gasteiger partial charge on any atom is -0.361 e. The van der Waals surface area contributed by atoms with Crippen molar-refractivity contribution >= 4 is 34.2 Å². The van der Waals surface area contributed by atoms with Crippen LogP contribution in [0.5, 0.6) is 0 Å². The molecule has 1 aromatic heterocycles. The zero-order chi connectivity index (χ0) is 39.0. The molecule has 4 aliphatic heterocycles. The van der Waals surface area contributed by atoms with Crippen molar-refractivity contribution in [3.8, 4) is 0 Å². The number of nitrogens with zero attached hydrogens (tertiary/aromatic N) is 3. The minimum absolute atomic E-state index is 0.144. The quantitative estimate of drug-likeness (QED) is 0.303. The smallest absolute Gasteiger partial charge is 0.280 e. The van der Waals surface area contributed by atoms with Crippen LogP contribution < -0.4 is 11.1 Å². The highest BCUT2D eigenvalue weighted by atomic mass is 16.7. The Hall–Kier alpha value is -4.03. The third-order valence-corrected chi connectivity index (χ3v) is 14.8. The normalized spacial score (nSPS) is 40.5. The molecule has 3 aromatic rings. The van der Waals surface area contributed by atoms with E-state index in [0.717, 1.165) is 34.6 Å². The fourth-order valence-electron chi connectivity index (χ4n) is 13.7. The molecule has 5 heterocycles. The number of hydrogen-bond donors (Lipinski definition) is 4. The Labute approximate surface area is 329 Å². The van der Waals surface area contributed by atoms with Crippen LogP contribution >= 0.6 is 0 Å². The van der Waals surface area contributed by atoms with Gasteiger partial charge in [0.15, 0.2) is 0 Å². The molecule has 2 unspecified atom stereocenters. The van der Waals surface area contributed by atoms with Gasteiger partial charge in [-0.2, -0.15) is 0 Å². The lowest BCUT2D eigenvalue weighted by Crippen LogP contribution is -2.71. The predicted octanol–water partition coefficient (Wildman–Crippen LogP) is 4.68. The van der Waals surface area contributed by atoms with Crippen LogP contribution in [-0.2, 0) is 32.0 Å². The summed E-state index contributed by atoms with van der Waals surface area (Å²) >= 11 is 0. The number of nitrogens with two attached hydrogens (primary N) is 1. The van der Waals surface area contributed by atoms with Crippen LogP contribution in [0.4, 0.5) is 0 Å². The fraction of sp³-hybridized carbons (Fsp3) is 0.578. The van der Waals surface area contributed by atoms with Crippen LogP contribution in [0.15, 0.2) is 60.8 Å². The van der Waals surface area contributed by atoms with Crippen LogP contribution in [0.25, 0.3) is 16.5 Å². The Bertz CT molecular complexity index is 2120. The number of piperazine rings is 1. The van der Waals surface area contributed by atoms with E-state index >= 15 is 0 Å². The summed E-state index contributed by atoms with van der Waals surface area (Å²) in [6.07, 6.45) is 14.7. The van der Waals surface area contributed by atoms with Gasteiger partial charge < -0.3 is 26.0 Å². The maximum Gasteiger partial charge on any atom is 0.280 e. The van der Waals surface area contributed by atoms with Crippen molar-refractivity contribution in [1.82, 2.24) is 25.0 Å². The largest absolute Gasteiger partial charge is 0.361 e. The number of aromatic nitrogens is 1. The predicted molar refractivity (Wildman–Crippen MR) is 212 cm³/mol. The lowest BCUT2D eigenvalue weighted by atomic mass is 9.43. The molecule has 5 N–H and O–H groups in total. The molecule has 296 valence electrons. The molecule has 5 aliphatic carbocycles. The Kier molecular flexibility index (Phi) is 7.94. The van der Waals surface area contributed by atoms with Gasteiger partial charge in [0, 0.05) is 48.2 Å². The highest BCUT2D eigenvalue weighted by molar-refractivity contribution is 6.01. The van der Waals surface area contributed by atoms with Crippen LogP contribution in [0.2, 0.25) is 0 Å². The Balaban J connectivity index is 0.000000248. The molecule has 11 heteroatoms. The van der Waals surface area contributed by atoms with Gasteiger partial charge in [-0.3, -0.25) is 28.9 Å². The number of nitrogens with one attached hydrogen (secondary N) is 2. The van der Waals surface area contributed by atoms with Gasteiger partial charge in [0.1, 0.15) is 12.1 Å². The van der Waals surface area contributed by atoms with Crippen molar-refractivity contribution in [3.05, 3.63) is 77.5 Å². The fourth-order valence-corrected chi connectivity index (χ4v) is 13.7. The van der Waals surface area contributed by atoms with Gasteiger partial charge in [-0.15, -0.1) is 0 Å². The van der Waals surface area contributed by atoms with E-state index in [1.54, 1.807) is 4.90 Å². The first kappa shape index (κ1) is 36.3. The number of carbonyl (C=O) groups excluding carboxylic acids is 3. The van der Waals surface area contributed by atoms with Crippen molar-refractivity contribution < 1.29 is 24.2 Å². The van der Waals surface area contributed by atoms with E-state index in [1.165, 1.54) is 61.3 Å². The SMILES string of the molecule is CC12CC3CC(C)(C1)CC(N)(C3)C2.CN1C[C@H](C(=O)N[C@]2(C)O[C@@]3(O)[C@@H]4CCCN4C(=O)[C@H](Cc4ccccc4)N3C2=O)C=C2c3cccc4[nH]cc(c34)C[C@H]21. The summed E-state index contributed by atoms with van der Waals surface area (Å²) in [5.41, 5.74) is 11.5. The number of hydrogen-bond acceptors (Lipinski definition) is 7. The molecule has 8 atom stereocenters. The molecule has 0 spiro atoms. The summed E-state index contributed by atoms with van der Waals surface area (Å²) in [6.45, 7) is 7.39. The zero-order valence-electron chi connectivity index (χ0n) is 33.1. The summed E-state index contributed by atoms with van der Waals surface area (Å²) in [5.74, 6) is -2.81. The van der Waals surface area contributed by atoms with Crippen molar-refractivity contribution in [2.24, 2.45) is 28.4 Å². The molecule has 4 bridgehead atoms. The number of rotatable bonds is 4. The molecule has 4 saturated carbocycles. The highest BCUT2D eigenvalue weighted by Crippen LogP contribution is 2.65. The molecule has 9 aliphatic rings. The summed E-state index contributed by atoms with van der Waals surface area (Å²) in [5, 5.41) is 16.1. The summed E-state index contributed by atoms with van der Waals surface area (Å²) in [6, 6.07) is 14.1. The van der Waals surface area contributed by atoms with Gasteiger partial charge in [0.25, 0.3) is 11.8 Å². The summed E-state index contributed by atoms with van der Waals surface area (Å²) < 4.78 is 6.23. The summed E-state index contributed by atoms with van der Waals surface area (Å²) in [7, 11) is 2.02. The second-order valence-corrected chi connectivity index (χ2v) is 19.8. The van der Waals surface area contributed by atoms with E-state index in [2.05, 4.69) is 47.4 Å². The molecule has 2 aromatic carbocycles. The number of amides is 3. The first-order valence-corrected chi connectivity index (χ1v) is 20.8. The van der Waals surface area contributed by atoms with E-state index < -0.39 is 35.5 Å². The standard InChI is InChI=1S/C33H35N5O5.C12H21N/c1-32(35-29(39)21-15-23-22-10-6-11-24-28(22)20(17-34-24)16-25(23)36(2)18-21)31(41)38-26(14-19-8-4-3-5-9-19)30(40)37-13-7-12-27(37)33(38,42)43-32;1-10-3-9-4-11(2,6-10)8-12(13,5-9)7-10/h3-6,8-11,15,17,21,25-27,34,42H,7,12-14,16,18H2,1-2H3,(H,35,39);9H,3-8,13H2,1-2H3/t21-,25-,26+,27+,32-,33+;/m1./s1. The number of aliphatic hydroxyl groups is 1. The van der Waals surface area contributed by atoms with E-state index in [0.29, 0.717) is 36.8 Å². The molecular formula is C45H56N6O5. The van der Waals surface area contributed by atoms with Crippen LogP contribution in [0, 0.1) is 22.7 Å². The molecule has 11 nitrogen and oxygen atoms in total. The number of benzene rings is 2. The second kappa shape index (κ2) is 12.2. The number of fused-ring (bicyclic) bond motifs is 5. The maximum absolute atomic E-state index is 14.2. The lowest BCUT2D eigenvalue weighted by Gasteiger charge is -2.64. The first-order valence-electron chi connectivity index (χ1n) is 20.8. The van der Waals surface area contributed by atoms with Crippen molar-refractivity contribution in [2.45, 2.75) is 120 Å². The summed E-state index contributed by atoms with van der Waals surface area (Å²) in [4.78, 5) is 50.2. The topological polar surface area (TPSA) is 144 Å². The van der Waals surface area contributed by atoms with Crippen LogP contribution in [-0.4, -0.2) is 97.9 Å². The third kappa shape index (κ3) is 5.55. The van der Waals surface area contributed by atoms with Gasteiger partial charge in [-0.25, -0.2) is 0 Å². The lowest BCUT2D eigenvalue weighted by molar-refractivity contribution is -0.315. The second-order valence-electron chi connectivity index (χ2n) is 19.8. The monoisotopic (exact) mass is 760 g/mol. The van der Waals surface area contributed by atoms with E-state index in [9.17, 15) is 19.5 Å². The van der Waals surface area contributed by atoms with E-state index in [-0.39, 0.29) is 29.8 Å². The van der Waals surface area contributed by atoms with E-state index in [4.69, 9.17) is 10.5 Å². The minimum atomic E-state index is -2.04. The first-order chi connectivity index (χ1) is 26.6. The van der Waals surface area contributed by atoms with Gasteiger partial charge >= 0.3 is 0 Å². The number of H-pyrrole nitrogens is 1. The molecule has 0 radical (unpaired) electrons. The number of aromatic amines is 1. The van der Waals surface area contributed by atoms with Crippen molar-refractivity contribution in [1.29, 1.82) is 0 Å². The van der Waals surface area contributed by atoms with E-state index in [1.807, 2.05) is 49.5 Å². The maximum atomic E-state index is 14.2. The molecule has 12 rings (SSSR count). The van der Waals surface area contributed by atoms with Gasteiger partial charge in [-0.05, 0) is 117 Å². The molecular weight excluding hydrogens is 705 g/mol. The average molecular weight is 761 g/mol. The molecule has 7 fully saturated rings. The highest BCUT2D eigenvalue weighted by Gasteiger charge is 2.70. The molecule has 3 saturated heterocycles. The Morgan fingerprint density at radius 2 is 1.77 bits per heavy atom. The van der Waals surface area contributed by atoms with Crippen LogP contribution in [0.1, 0.15) is 88.8 Å². The van der Waals surface area contributed by atoms with Gasteiger partial charge in [0.2, 0.25) is 17.5 Å². The molecule has 56 heavy (non-hydrogen) atoms. The third-order valence-electron chi connectivity index (χ3n) is 14.8. The van der Waals surface area contributed by atoms with Crippen molar-refractivity contribution in [2.75, 3.05) is 20.1 Å². The Morgan fingerprint density at radius 3 is 2.48 bits per heavy atom. The zero-order valence-corrected chi connectivity index (χ0v) is 33.1. The average Bonchev–Trinajstić information content (AvgIpc) is 3.83. The number of carbonyl (C=O) groups is 3. The Morgan fingerprint density at radius 1 is 1.02 bits per heavy atom. The van der Waals surface area contributed by atoms with Crippen LogP contribution in [0.3, 0.4) is 0 Å². The van der Waals surface area contributed by atoms with Crippen molar-refractivity contribution in [3.63, 3.8) is 0 Å². The number of ether oxygens (including phenoxy) is 1. The van der Waals surface area contributed by atoms with Gasteiger partial charge in [-0.1, -0.05) is 62.4 Å². The number of likely N-dealkylation sites (N-methyl/N-ethyl adjacent to an activating group) is 1. The molecule has 3 amide bonds. The van der Waals surface area contributed by atoms with Gasteiger partial charge in [0.05, 0.1) is 5.92 Å².